The van der Waals surface area contributed by atoms with Crippen molar-refractivity contribution in [2.75, 3.05) is 6.54 Å². The number of nitrogens with two attached hydrogens (primary N) is 1. The minimum atomic E-state index is -0.0638. The Morgan fingerprint density at radius 2 is 2.31 bits per heavy atom. The quantitative estimate of drug-likeness (QED) is 0.853. The predicted octanol–water partition coefficient (Wildman–Crippen LogP) is 1.98. The van der Waals surface area contributed by atoms with Crippen molar-refractivity contribution in [1.82, 2.24) is 5.32 Å². The van der Waals surface area contributed by atoms with Crippen LogP contribution in [-0.2, 0) is 0 Å². The standard InChI is InChI=1S/C12H14N2OS/c1-8(7-13)14-12(15)10-2-3-11-9(6-10)4-5-16-11/h2-6,8H,7,13H2,1H3,(H,14,15)/t8-/m0/s1. The molecule has 16 heavy (non-hydrogen) atoms. The van der Waals surface area contributed by atoms with Crippen LogP contribution >= 0.6 is 11.3 Å². The molecule has 0 spiro atoms. The maximum atomic E-state index is 11.8. The predicted molar refractivity (Wildman–Crippen MR) is 67.8 cm³/mol. The molecule has 0 fully saturated rings. The van der Waals surface area contributed by atoms with Gasteiger partial charge in [-0.05, 0) is 42.0 Å². The Morgan fingerprint density at radius 3 is 3.06 bits per heavy atom. The molecule has 1 atom stereocenters. The van der Waals surface area contributed by atoms with Gasteiger partial charge < -0.3 is 11.1 Å². The molecule has 1 aromatic heterocycles. The van der Waals surface area contributed by atoms with Gasteiger partial charge in [-0.3, -0.25) is 4.79 Å². The van der Waals surface area contributed by atoms with Crippen molar-refractivity contribution in [3.05, 3.63) is 35.2 Å². The Morgan fingerprint density at radius 1 is 1.50 bits per heavy atom. The number of nitrogens with one attached hydrogen (secondary N) is 1. The Labute approximate surface area is 98.3 Å². The first-order valence-electron chi connectivity index (χ1n) is 5.19. The second-order valence-corrected chi connectivity index (χ2v) is 4.73. The van der Waals surface area contributed by atoms with Gasteiger partial charge in [0.2, 0.25) is 0 Å². The van der Waals surface area contributed by atoms with Crippen molar-refractivity contribution in [1.29, 1.82) is 0 Å². The zero-order valence-corrected chi connectivity index (χ0v) is 9.88. The minimum absolute atomic E-state index is 0.00525. The molecular weight excluding hydrogens is 220 g/mol. The number of carbonyl (C=O) groups excluding carboxylic acids is 1. The van der Waals surface area contributed by atoms with E-state index in [9.17, 15) is 4.79 Å². The van der Waals surface area contributed by atoms with Crippen LogP contribution in [0, 0.1) is 0 Å². The number of hydrogen-bond donors (Lipinski definition) is 2. The molecule has 84 valence electrons. The van der Waals surface area contributed by atoms with E-state index in [1.54, 1.807) is 11.3 Å². The van der Waals surface area contributed by atoms with Crippen LogP contribution in [0.5, 0.6) is 0 Å². The highest BCUT2D eigenvalue weighted by Gasteiger charge is 2.09. The van der Waals surface area contributed by atoms with E-state index in [1.165, 1.54) is 4.70 Å². The van der Waals surface area contributed by atoms with Gasteiger partial charge in [0.05, 0.1) is 0 Å². The number of thiophene rings is 1. The van der Waals surface area contributed by atoms with Gasteiger partial charge >= 0.3 is 0 Å². The number of amides is 1. The molecular formula is C12H14N2OS. The summed E-state index contributed by atoms with van der Waals surface area (Å²) in [6, 6.07) is 7.75. The van der Waals surface area contributed by atoms with Crippen LogP contribution in [0.2, 0.25) is 0 Å². The van der Waals surface area contributed by atoms with Crippen molar-refractivity contribution >= 4 is 27.3 Å². The second kappa shape index (κ2) is 4.63. The fraction of sp³-hybridized carbons (Fsp3) is 0.250. The Hall–Kier alpha value is -1.39. The lowest BCUT2D eigenvalue weighted by Gasteiger charge is -2.11. The van der Waals surface area contributed by atoms with Gasteiger partial charge in [-0.1, -0.05) is 0 Å². The average molecular weight is 234 g/mol. The summed E-state index contributed by atoms with van der Waals surface area (Å²) in [6.07, 6.45) is 0. The highest BCUT2D eigenvalue weighted by molar-refractivity contribution is 7.17. The summed E-state index contributed by atoms with van der Waals surface area (Å²) < 4.78 is 1.20. The lowest BCUT2D eigenvalue weighted by Crippen LogP contribution is -2.37. The smallest absolute Gasteiger partial charge is 0.251 e. The highest BCUT2D eigenvalue weighted by Crippen LogP contribution is 2.21. The molecule has 0 saturated heterocycles. The molecule has 0 bridgehead atoms. The molecule has 2 rings (SSSR count). The van der Waals surface area contributed by atoms with Crippen molar-refractivity contribution in [2.24, 2.45) is 5.73 Å². The van der Waals surface area contributed by atoms with Crippen LogP contribution in [0.3, 0.4) is 0 Å². The summed E-state index contributed by atoms with van der Waals surface area (Å²) >= 11 is 1.67. The number of rotatable bonds is 3. The van der Waals surface area contributed by atoms with Crippen molar-refractivity contribution < 1.29 is 4.79 Å². The van der Waals surface area contributed by atoms with Crippen LogP contribution in [0.15, 0.2) is 29.6 Å². The third kappa shape index (κ3) is 2.23. The first-order chi connectivity index (χ1) is 7.70. The summed E-state index contributed by atoms with van der Waals surface area (Å²) in [6.45, 7) is 2.34. The molecule has 0 aliphatic rings. The van der Waals surface area contributed by atoms with Gasteiger partial charge in [0, 0.05) is 22.8 Å². The summed E-state index contributed by atoms with van der Waals surface area (Å²) in [4.78, 5) is 11.8. The van der Waals surface area contributed by atoms with E-state index in [2.05, 4.69) is 5.32 Å². The first kappa shape index (κ1) is 11.1. The van der Waals surface area contributed by atoms with E-state index in [0.717, 1.165) is 5.39 Å². The molecule has 3 N–H and O–H groups in total. The minimum Gasteiger partial charge on any atom is -0.348 e. The van der Waals surface area contributed by atoms with Crippen LogP contribution in [0.25, 0.3) is 10.1 Å². The van der Waals surface area contributed by atoms with Crippen LogP contribution in [0.1, 0.15) is 17.3 Å². The number of benzene rings is 1. The largest absolute Gasteiger partial charge is 0.348 e. The summed E-state index contributed by atoms with van der Waals surface area (Å²) in [5, 5.41) is 5.97. The van der Waals surface area contributed by atoms with Gasteiger partial charge in [0.25, 0.3) is 5.91 Å². The molecule has 3 nitrogen and oxygen atoms in total. The fourth-order valence-electron chi connectivity index (χ4n) is 1.47. The third-order valence-corrected chi connectivity index (χ3v) is 3.34. The Balaban J connectivity index is 2.22. The summed E-state index contributed by atoms with van der Waals surface area (Å²) in [5.74, 6) is -0.0638. The number of fused-ring (bicyclic) bond motifs is 1. The highest BCUT2D eigenvalue weighted by atomic mass is 32.1. The molecule has 0 unspecified atom stereocenters. The molecule has 2 aromatic rings. The number of hydrogen-bond acceptors (Lipinski definition) is 3. The number of carbonyl (C=O) groups is 1. The molecule has 1 aromatic carbocycles. The van der Waals surface area contributed by atoms with Crippen molar-refractivity contribution in [3.63, 3.8) is 0 Å². The lowest BCUT2D eigenvalue weighted by atomic mass is 10.1. The zero-order valence-electron chi connectivity index (χ0n) is 9.07. The van der Waals surface area contributed by atoms with Crippen LogP contribution in [0.4, 0.5) is 0 Å². The normalized spacial score (nSPS) is 12.6. The monoisotopic (exact) mass is 234 g/mol. The van der Waals surface area contributed by atoms with Crippen molar-refractivity contribution in [3.8, 4) is 0 Å². The SMILES string of the molecule is C[C@@H](CN)NC(=O)c1ccc2sccc2c1. The first-order valence-corrected chi connectivity index (χ1v) is 6.07. The Kier molecular flexibility index (Phi) is 3.22. The van der Waals surface area contributed by atoms with E-state index < -0.39 is 0 Å². The second-order valence-electron chi connectivity index (χ2n) is 3.78. The zero-order chi connectivity index (χ0) is 11.5. The van der Waals surface area contributed by atoms with Gasteiger partial charge in [0.15, 0.2) is 0 Å². The fourth-order valence-corrected chi connectivity index (χ4v) is 2.24. The Bertz CT molecular complexity index is 506. The van der Waals surface area contributed by atoms with Gasteiger partial charge in [-0.2, -0.15) is 0 Å². The maximum absolute atomic E-state index is 11.8. The van der Waals surface area contributed by atoms with E-state index >= 15 is 0 Å². The molecule has 0 aliphatic carbocycles. The summed E-state index contributed by atoms with van der Waals surface area (Å²) in [5.41, 5.74) is 6.15. The van der Waals surface area contributed by atoms with E-state index in [0.29, 0.717) is 12.1 Å². The molecule has 0 aliphatic heterocycles. The maximum Gasteiger partial charge on any atom is 0.251 e. The van der Waals surface area contributed by atoms with Gasteiger partial charge in [-0.15, -0.1) is 11.3 Å². The molecule has 0 saturated carbocycles. The van der Waals surface area contributed by atoms with E-state index in [-0.39, 0.29) is 11.9 Å². The lowest BCUT2D eigenvalue weighted by molar-refractivity contribution is 0.0941. The van der Waals surface area contributed by atoms with Crippen molar-refractivity contribution in [2.45, 2.75) is 13.0 Å². The molecule has 0 radical (unpaired) electrons. The topological polar surface area (TPSA) is 55.1 Å². The molecule has 4 heteroatoms. The summed E-state index contributed by atoms with van der Waals surface area (Å²) in [7, 11) is 0. The van der Waals surface area contributed by atoms with E-state index in [4.69, 9.17) is 5.73 Å². The average Bonchev–Trinajstić information content (AvgIpc) is 2.75. The molecule has 1 amide bonds. The van der Waals surface area contributed by atoms with Crippen LogP contribution in [-0.4, -0.2) is 18.5 Å². The van der Waals surface area contributed by atoms with E-state index in [1.807, 2.05) is 36.6 Å². The van der Waals surface area contributed by atoms with Crippen LogP contribution < -0.4 is 11.1 Å². The molecule has 1 heterocycles. The third-order valence-electron chi connectivity index (χ3n) is 2.45. The van der Waals surface area contributed by atoms with Gasteiger partial charge in [-0.25, -0.2) is 0 Å². The van der Waals surface area contributed by atoms with Gasteiger partial charge in [0.1, 0.15) is 0 Å².